The Morgan fingerprint density at radius 2 is 1.59 bits per heavy atom. The molecule has 4 aromatic rings. The average Bonchev–Trinajstić information content (AvgIpc) is 2.89. The van der Waals surface area contributed by atoms with Crippen molar-refractivity contribution in [2.24, 2.45) is 0 Å². The Hall–Kier alpha value is -2.72. The van der Waals surface area contributed by atoms with E-state index in [-0.39, 0.29) is 10.8 Å². The van der Waals surface area contributed by atoms with Crippen molar-refractivity contribution in [2.45, 2.75) is 0 Å². The number of fused-ring (bicyclic) bond motifs is 2. The largest absolute Gasteiger partial charge is 0.315 e. The van der Waals surface area contributed by atoms with E-state index in [1.165, 1.54) is 4.57 Å². The van der Waals surface area contributed by atoms with E-state index in [2.05, 4.69) is 0 Å². The first kappa shape index (κ1) is 13.0. The number of thiazole rings is 1. The third kappa shape index (κ3) is 1.89. The molecule has 3 aromatic carbocycles. The number of nitrogens with zero attached hydrogens (tertiary/aromatic N) is 1. The van der Waals surface area contributed by atoms with Gasteiger partial charge in [0.15, 0.2) is 0 Å². The Morgan fingerprint density at radius 3 is 2.50 bits per heavy atom. The molecule has 1 aromatic heterocycles. The first-order chi connectivity index (χ1) is 10.8. The number of rotatable bonds is 1. The molecule has 22 heavy (non-hydrogen) atoms. The molecule has 0 saturated heterocycles. The van der Waals surface area contributed by atoms with E-state index in [1.54, 1.807) is 12.1 Å². The summed E-state index contributed by atoms with van der Waals surface area (Å²) in [6.45, 7) is 0. The molecule has 0 fully saturated rings. The van der Waals surface area contributed by atoms with Crippen LogP contribution in [0.25, 0.3) is 21.0 Å². The zero-order chi connectivity index (χ0) is 15.1. The lowest BCUT2D eigenvalue weighted by molar-refractivity contribution is 0.0964. The Balaban J connectivity index is 2.01. The van der Waals surface area contributed by atoms with Crippen LogP contribution >= 0.6 is 11.3 Å². The van der Waals surface area contributed by atoms with Crippen LogP contribution in [0.15, 0.2) is 71.5 Å². The highest BCUT2D eigenvalue weighted by molar-refractivity contribution is 7.16. The summed E-state index contributed by atoms with van der Waals surface area (Å²) in [5.41, 5.74) is 1.21. The Bertz CT molecular complexity index is 1070. The second-order valence-electron chi connectivity index (χ2n) is 5.00. The van der Waals surface area contributed by atoms with E-state index in [9.17, 15) is 9.59 Å². The minimum absolute atomic E-state index is 0.251. The van der Waals surface area contributed by atoms with Crippen molar-refractivity contribution in [3.63, 3.8) is 0 Å². The van der Waals surface area contributed by atoms with Crippen molar-refractivity contribution in [1.29, 1.82) is 0 Å². The Morgan fingerprint density at radius 1 is 0.864 bits per heavy atom. The predicted octanol–water partition coefficient (Wildman–Crippen LogP) is 3.90. The smallest absolute Gasteiger partial charge is 0.268 e. The molecule has 3 nitrogen and oxygen atoms in total. The van der Waals surface area contributed by atoms with E-state index in [0.29, 0.717) is 11.1 Å². The highest BCUT2D eigenvalue weighted by atomic mass is 32.1. The SMILES string of the molecule is O=C(c1cccc2ccccc12)n1c(=O)sc2ccccc21. The molecule has 1 heterocycles. The number of benzene rings is 3. The summed E-state index contributed by atoms with van der Waals surface area (Å²) in [5, 5.41) is 1.85. The third-order valence-electron chi connectivity index (χ3n) is 3.71. The van der Waals surface area contributed by atoms with Crippen LogP contribution in [0.4, 0.5) is 0 Å². The van der Waals surface area contributed by atoms with Gasteiger partial charge in [-0.15, -0.1) is 0 Å². The number of carbonyl (C=O) groups is 1. The number of hydrogen-bond donors (Lipinski definition) is 0. The summed E-state index contributed by atoms with van der Waals surface area (Å²) in [6.07, 6.45) is 0. The van der Waals surface area contributed by atoms with Crippen molar-refractivity contribution in [3.05, 3.63) is 82.0 Å². The maximum absolute atomic E-state index is 12.9. The van der Waals surface area contributed by atoms with E-state index in [1.807, 2.05) is 54.6 Å². The predicted molar refractivity (Wildman–Crippen MR) is 89.8 cm³/mol. The monoisotopic (exact) mass is 305 g/mol. The number of aromatic nitrogens is 1. The van der Waals surface area contributed by atoms with Gasteiger partial charge in [0, 0.05) is 5.56 Å². The van der Waals surface area contributed by atoms with Crippen molar-refractivity contribution in [2.75, 3.05) is 0 Å². The van der Waals surface area contributed by atoms with Gasteiger partial charge in [-0.3, -0.25) is 9.59 Å². The topological polar surface area (TPSA) is 39.1 Å². The quantitative estimate of drug-likeness (QED) is 0.535. The minimum Gasteiger partial charge on any atom is -0.268 e. The molecule has 0 radical (unpaired) electrons. The molecule has 0 aliphatic heterocycles. The zero-order valence-electron chi connectivity index (χ0n) is 11.5. The molecule has 4 heteroatoms. The second kappa shape index (κ2) is 4.93. The van der Waals surface area contributed by atoms with Crippen LogP contribution in [-0.4, -0.2) is 10.5 Å². The molecule has 4 rings (SSSR count). The van der Waals surface area contributed by atoms with Crippen LogP contribution in [0.5, 0.6) is 0 Å². The first-order valence-corrected chi connectivity index (χ1v) is 7.70. The molecule has 106 valence electrons. The molecular weight excluding hydrogens is 294 g/mol. The van der Waals surface area contributed by atoms with Gasteiger partial charge in [-0.1, -0.05) is 59.9 Å². The summed E-state index contributed by atoms with van der Waals surface area (Å²) in [7, 11) is 0. The van der Waals surface area contributed by atoms with Crippen LogP contribution in [0.2, 0.25) is 0 Å². The standard InChI is InChI=1S/C18H11NO2S/c20-17(14-9-5-7-12-6-1-2-8-13(12)14)19-15-10-3-4-11-16(15)22-18(19)21/h1-11H. The summed E-state index contributed by atoms with van der Waals surface area (Å²) < 4.78 is 2.09. The van der Waals surface area contributed by atoms with Crippen molar-refractivity contribution in [1.82, 2.24) is 4.57 Å². The molecule has 0 amide bonds. The molecule has 0 bridgehead atoms. The van der Waals surface area contributed by atoms with Gasteiger partial charge in [0.2, 0.25) is 0 Å². The van der Waals surface area contributed by atoms with E-state index in [4.69, 9.17) is 0 Å². The van der Waals surface area contributed by atoms with Gasteiger partial charge in [-0.05, 0) is 29.0 Å². The molecule has 0 aliphatic rings. The minimum atomic E-state index is -0.278. The van der Waals surface area contributed by atoms with Crippen molar-refractivity contribution < 1.29 is 4.79 Å². The molecule has 0 aliphatic carbocycles. The van der Waals surface area contributed by atoms with Crippen molar-refractivity contribution >= 4 is 38.2 Å². The number of para-hydroxylation sites is 1. The second-order valence-corrected chi connectivity index (χ2v) is 6.00. The fourth-order valence-electron chi connectivity index (χ4n) is 2.69. The Labute approximate surface area is 130 Å². The lowest BCUT2D eigenvalue weighted by Crippen LogP contribution is -2.22. The fourth-order valence-corrected chi connectivity index (χ4v) is 3.56. The summed E-state index contributed by atoms with van der Waals surface area (Å²) in [6, 6.07) is 20.6. The molecule has 0 unspecified atom stereocenters. The summed E-state index contributed by atoms with van der Waals surface area (Å²) in [4.78, 5) is 24.9. The van der Waals surface area contributed by atoms with Gasteiger partial charge in [0.1, 0.15) is 0 Å². The highest BCUT2D eigenvalue weighted by Gasteiger charge is 2.17. The first-order valence-electron chi connectivity index (χ1n) is 6.89. The maximum Gasteiger partial charge on any atom is 0.315 e. The van der Waals surface area contributed by atoms with Crippen LogP contribution in [-0.2, 0) is 0 Å². The lowest BCUT2D eigenvalue weighted by Gasteiger charge is -2.06. The normalized spacial score (nSPS) is 11.1. The highest BCUT2D eigenvalue weighted by Crippen LogP contribution is 2.22. The van der Waals surface area contributed by atoms with Gasteiger partial charge in [-0.2, -0.15) is 0 Å². The number of carbonyl (C=O) groups excluding carboxylic acids is 1. The van der Waals surface area contributed by atoms with Gasteiger partial charge >= 0.3 is 4.87 Å². The maximum atomic E-state index is 12.9. The van der Waals surface area contributed by atoms with Crippen LogP contribution < -0.4 is 4.87 Å². The average molecular weight is 305 g/mol. The summed E-state index contributed by atoms with van der Waals surface area (Å²) >= 11 is 1.09. The van der Waals surface area contributed by atoms with Gasteiger partial charge in [-0.25, -0.2) is 4.57 Å². The molecule has 0 N–H and O–H groups in total. The van der Waals surface area contributed by atoms with Crippen LogP contribution in [0.3, 0.4) is 0 Å². The van der Waals surface area contributed by atoms with Crippen molar-refractivity contribution in [3.8, 4) is 0 Å². The number of hydrogen-bond acceptors (Lipinski definition) is 3. The van der Waals surface area contributed by atoms with Gasteiger partial charge in [0.25, 0.3) is 5.91 Å². The van der Waals surface area contributed by atoms with Crippen LogP contribution in [0.1, 0.15) is 10.4 Å². The van der Waals surface area contributed by atoms with Gasteiger partial charge in [0.05, 0.1) is 10.2 Å². The fraction of sp³-hybridized carbons (Fsp3) is 0. The van der Waals surface area contributed by atoms with Gasteiger partial charge < -0.3 is 0 Å². The third-order valence-corrected chi connectivity index (χ3v) is 4.63. The van der Waals surface area contributed by atoms with E-state index >= 15 is 0 Å². The molecule has 0 spiro atoms. The molecule has 0 atom stereocenters. The molecular formula is C18H11NO2S. The summed E-state index contributed by atoms with van der Waals surface area (Å²) in [5.74, 6) is -0.278. The van der Waals surface area contributed by atoms with E-state index in [0.717, 1.165) is 26.8 Å². The Kier molecular flexibility index (Phi) is 2.91. The lowest BCUT2D eigenvalue weighted by atomic mass is 10.0. The van der Waals surface area contributed by atoms with E-state index < -0.39 is 0 Å². The molecule has 0 saturated carbocycles. The van der Waals surface area contributed by atoms with Crippen LogP contribution in [0, 0.1) is 0 Å². The zero-order valence-corrected chi connectivity index (χ0v) is 12.3.